The lowest BCUT2D eigenvalue weighted by molar-refractivity contribution is 1.02. The van der Waals surface area contributed by atoms with E-state index in [-0.39, 0.29) is 0 Å². The number of aromatic nitrogens is 1. The maximum absolute atomic E-state index is 5.98. The van der Waals surface area contributed by atoms with Crippen molar-refractivity contribution in [3.05, 3.63) is 145 Å². The number of allylic oxidation sites excluding steroid dienone is 1. The molecule has 42 heavy (non-hydrogen) atoms. The number of benzene rings is 6. The SMILES string of the molecule is C/C=C(\CCN)c1cnccc1-c1ccc(-c2c3ccccc3c(-c3ccccc3)c3ccccc23)c2ccccc12. The maximum atomic E-state index is 5.98. The summed E-state index contributed by atoms with van der Waals surface area (Å²) >= 11 is 0. The molecule has 0 fully saturated rings. The molecule has 7 rings (SSSR count). The van der Waals surface area contributed by atoms with Crippen LogP contribution in [0.2, 0.25) is 0 Å². The highest BCUT2D eigenvalue weighted by Gasteiger charge is 2.19. The molecule has 1 heterocycles. The molecule has 0 aliphatic rings. The third-order valence-corrected chi connectivity index (χ3v) is 8.41. The van der Waals surface area contributed by atoms with E-state index >= 15 is 0 Å². The van der Waals surface area contributed by atoms with Crippen LogP contribution in [0.5, 0.6) is 0 Å². The molecule has 0 atom stereocenters. The van der Waals surface area contributed by atoms with Gasteiger partial charge >= 0.3 is 0 Å². The first kappa shape index (κ1) is 25.9. The van der Waals surface area contributed by atoms with Gasteiger partial charge in [-0.05, 0) is 97.2 Å². The average Bonchev–Trinajstić information content (AvgIpc) is 3.06. The fourth-order valence-corrected chi connectivity index (χ4v) is 6.56. The molecule has 0 saturated carbocycles. The summed E-state index contributed by atoms with van der Waals surface area (Å²) in [5.74, 6) is 0. The Labute approximate surface area is 246 Å². The number of hydrogen-bond acceptors (Lipinski definition) is 2. The van der Waals surface area contributed by atoms with Gasteiger partial charge in [0.25, 0.3) is 0 Å². The Morgan fingerprint density at radius 1 is 0.571 bits per heavy atom. The molecule has 0 aliphatic carbocycles. The number of nitrogens with zero attached hydrogens (tertiary/aromatic N) is 1. The van der Waals surface area contributed by atoms with Crippen molar-refractivity contribution in [1.29, 1.82) is 0 Å². The summed E-state index contributed by atoms with van der Waals surface area (Å²) in [6.07, 6.45) is 6.85. The van der Waals surface area contributed by atoms with Gasteiger partial charge in [0, 0.05) is 18.0 Å². The predicted octanol–water partition coefficient (Wildman–Crippen LogP) is 10.3. The monoisotopic (exact) mass is 540 g/mol. The third-order valence-electron chi connectivity index (χ3n) is 8.41. The van der Waals surface area contributed by atoms with Crippen LogP contribution in [0.25, 0.3) is 71.3 Å². The summed E-state index contributed by atoms with van der Waals surface area (Å²) in [7, 11) is 0. The Morgan fingerprint density at radius 2 is 1.10 bits per heavy atom. The molecular formula is C40H32N2. The van der Waals surface area contributed by atoms with Crippen molar-refractivity contribution >= 4 is 37.9 Å². The number of nitrogens with two attached hydrogens (primary N) is 1. The molecule has 0 aliphatic heterocycles. The first-order valence-electron chi connectivity index (χ1n) is 14.6. The summed E-state index contributed by atoms with van der Waals surface area (Å²) in [5.41, 5.74) is 15.8. The van der Waals surface area contributed by atoms with Gasteiger partial charge in [-0.1, -0.05) is 121 Å². The van der Waals surface area contributed by atoms with Crippen molar-refractivity contribution in [3.8, 4) is 33.4 Å². The lowest BCUT2D eigenvalue weighted by Crippen LogP contribution is -2.01. The Bertz CT molecular complexity index is 2050. The van der Waals surface area contributed by atoms with E-state index in [1.54, 1.807) is 0 Å². The number of hydrogen-bond donors (Lipinski definition) is 1. The Morgan fingerprint density at radius 3 is 1.69 bits per heavy atom. The van der Waals surface area contributed by atoms with Gasteiger partial charge in [-0.15, -0.1) is 0 Å². The smallest absolute Gasteiger partial charge is 0.0349 e. The highest BCUT2D eigenvalue weighted by Crippen LogP contribution is 2.46. The fourth-order valence-electron chi connectivity index (χ4n) is 6.56. The van der Waals surface area contributed by atoms with Crippen molar-refractivity contribution in [3.63, 3.8) is 0 Å². The van der Waals surface area contributed by atoms with Gasteiger partial charge in [-0.25, -0.2) is 0 Å². The van der Waals surface area contributed by atoms with E-state index in [0.29, 0.717) is 6.54 Å². The van der Waals surface area contributed by atoms with E-state index in [9.17, 15) is 0 Å². The predicted molar refractivity (Wildman–Crippen MR) is 180 cm³/mol. The van der Waals surface area contributed by atoms with Gasteiger partial charge in [-0.3, -0.25) is 4.98 Å². The third kappa shape index (κ3) is 4.29. The standard InChI is InChI=1S/C40H32N2/c1-2-27(22-24-41)38-26-42-25-23-32(38)31-20-21-37(30-15-7-6-14-29(30)31)40-35-18-10-8-16-33(35)39(28-12-4-3-5-13-28)34-17-9-11-19-36(34)40/h2-21,23,25-26H,22,24,41H2,1H3/b27-2+. The molecule has 0 amide bonds. The van der Waals surface area contributed by atoms with Gasteiger partial charge in [-0.2, -0.15) is 0 Å². The summed E-state index contributed by atoms with van der Waals surface area (Å²) < 4.78 is 0. The molecule has 7 aromatic rings. The fraction of sp³-hybridized carbons (Fsp3) is 0.0750. The quantitative estimate of drug-likeness (QED) is 0.213. The maximum Gasteiger partial charge on any atom is 0.0349 e. The van der Waals surface area contributed by atoms with E-state index < -0.39 is 0 Å². The van der Waals surface area contributed by atoms with Gasteiger partial charge in [0.15, 0.2) is 0 Å². The summed E-state index contributed by atoms with van der Waals surface area (Å²) in [5, 5.41) is 7.52. The molecule has 0 saturated heterocycles. The summed E-state index contributed by atoms with van der Waals surface area (Å²) in [4.78, 5) is 4.49. The van der Waals surface area contributed by atoms with E-state index in [1.165, 1.54) is 71.3 Å². The highest BCUT2D eigenvalue weighted by atomic mass is 14.6. The molecule has 0 bridgehead atoms. The minimum atomic E-state index is 0.604. The van der Waals surface area contributed by atoms with Gasteiger partial charge in [0.2, 0.25) is 0 Å². The molecule has 2 heteroatoms. The van der Waals surface area contributed by atoms with Crippen LogP contribution < -0.4 is 5.73 Å². The van der Waals surface area contributed by atoms with Crippen molar-refractivity contribution in [2.45, 2.75) is 13.3 Å². The van der Waals surface area contributed by atoms with Crippen LogP contribution in [-0.4, -0.2) is 11.5 Å². The van der Waals surface area contributed by atoms with Gasteiger partial charge in [0.1, 0.15) is 0 Å². The van der Waals surface area contributed by atoms with Crippen LogP contribution in [0.4, 0.5) is 0 Å². The van der Waals surface area contributed by atoms with E-state index in [2.05, 4.69) is 139 Å². The van der Waals surface area contributed by atoms with Gasteiger partial charge < -0.3 is 5.73 Å². The van der Waals surface area contributed by atoms with Crippen LogP contribution in [0.1, 0.15) is 18.9 Å². The van der Waals surface area contributed by atoms with Crippen molar-refractivity contribution in [2.75, 3.05) is 6.54 Å². The molecule has 202 valence electrons. The zero-order valence-corrected chi connectivity index (χ0v) is 23.7. The van der Waals surface area contributed by atoms with Crippen LogP contribution in [-0.2, 0) is 0 Å². The normalized spacial score (nSPS) is 11.9. The molecule has 0 unspecified atom stereocenters. The Hall–Kier alpha value is -5.05. The molecule has 0 radical (unpaired) electrons. The minimum absolute atomic E-state index is 0.604. The molecule has 2 N–H and O–H groups in total. The summed E-state index contributed by atoms with van der Waals surface area (Å²) in [6, 6.07) is 44.0. The van der Waals surface area contributed by atoms with Crippen LogP contribution in [0.3, 0.4) is 0 Å². The molecule has 0 spiro atoms. The zero-order chi connectivity index (χ0) is 28.5. The van der Waals surface area contributed by atoms with Crippen LogP contribution >= 0.6 is 0 Å². The van der Waals surface area contributed by atoms with E-state index in [1.807, 2.05) is 12.4 Å². The number of fused-ring (bicyclic) bond motifs is 3. The second-order valence-electron chi connectivity index (χ2n) is 10.7. The molecular weight excluding hydrogens is 508 g/mol. The molecule has 1 aromatic heterocycles. The number of pyridine rings is 1. The highest BCUT2D eigenvalue weighted by molar-refractivity contribution is 6.24. The second kappa shape index (κ2) is 11.1. The average molecular weight is 541 g/mol. The van der Waals surface area contributed by atoms with E-state index in [4.69, 9.17) is 5.73 Å². The molecule has 2 nitrogen and oxygen atoms in total. The lowest BCUT2D eigenvalue weighted by Gasteiger charge is -2.20. The lowest BCUT2D eigenvalue weighted by atomic mass is 9.83. The number of rotatable bonds is 6. The minimum Gasteiger partial charge on any atom is -0.330 e. The second-order valence-corrected chi connectivity index (χ2v) is 10.7. The van der Waals surface area contributed by atoms with Crippen LogP contribution in [0.15, 0.2) is 140 Å². The Balaban J connectivity index is 1.55. The Kier molecular flexibility index (Phi) is 6.83. The van der Waals surface area contributed by atoms with Crippen LogP contribution in [0, 0.1) is 0 Å². The topological polar surface area (TPSA) is 38.9 Å². The van der Waals surface area contributed by atoms with Crippen molar-refractivity contribution in [1.82, 2.24) is 4.98 Å². The zero-order valence-electron chi connectivity index (χ0n) is 23.7. The van der Waals surface area contributed by atoms with E-state index in [0.717, 1.165) is 12.0 Å². The van der Waals surface area contributed by atoms with Crippen molar-refractivity contribution < 1.29 is 0 Å². The first-order chi connectivity index (χ1) is 20.8. The summed E-state index contributed by atoms with van der Waals surface area (Å²) in [6.45, 7) is 2.69. The largest absolute Gasteiger partial charge is 0.330 e. The van der Waals surface area contributed by atoms with Gasteiger partial charge in [0.05, 0.1) is 0 Å². The van der Waals surface area contributed by atoms with Crippen molar-refractivity contribution in [2.24, 2.45) is 5.73 Å². The first-order valence-corrected chi connectivity index (χ1v) is 14.6. The molecule has 6 aromatic carbocycles.